The van der Waals surface area contributed by atoms with Crippen LogP contribution in [0.2, 0.25) is 0 Å². The first-order valence-electron chi connectivity index (χ1n) is 6.89. The average molecular weight is 265 g/mol. The molecule has 0 amide bonds. The van der Waals surface area contributed by atoms with Crippen LogP contribution in [0.15, 0.2) is 12.1 Å². The number of hydrogen-bond donors (Lipinski definition) is 2. The first-order valence-corrected chi connectivity index (χ1v) is 6.89. The van der Waals surface area contributed by atoms with Crippen LogP contribution in [0.4, 0.5) is 0 Å². The number of nitrogens with one attached hydrogen (secondary N) is 1. The van der Waals surface area contributed by atoms with Crippen molar-refractivity contribution in [3.8, 4) is 5.75 Å². The fourth-order valence-electron chi connectivity index (χ4n) is 2.78. The Morgan fingerprint density at radius 2 is 1.89 bits per heavy atom. The third-order valence-corrected chi connectivity index (χ3v) is 3.83. The summed E-state index contributed by atoms with van der Waals surface area (Å²) in [7, 11) is 3.64. The second-order valence-electron chi connectivity index (χ2n) is 5.55. The molecule has 1 aromatic rings. The fourth-order valence-corrected chi connectivity index (χ4v) is 2.78. The summed E-state index contributed by atoms with van der Waals surface area (Å²) in [5, 5.41) is 13.0. The minimum atomic E-state index is 0.0977. The van der Waals surface area contributed by atoms with E-state index in [2.05, 4.69) is 45.1 Å². The molecule has 2 unspecified atom stereocenters. The van der Waals surface area contributed by atoms with Gasteiger partial charge in [0.05, 0.1) is 7.11 Å². The number of aryl methyl sites for hydroxylation is 2. The molecule has 0 aromatic heterocycles. The molecule has 2 atom stereocenters. The van der Waals surface area contributed by atoms with E-state index in [-0.39, 0.29) is 18.6 Å². The van der Waals surface area contributed by atoms with E-state index in [1.54, 1.807) is 7.11 Å². The molecular formula is C16H27NO2. The zero-order valence-corrected chi connectivity index (χ0v) is 12.9. The highest BCUT2D eigenvalue weighted by Gasteiger charge is 2.28. The lowest BCUT2D eigenvalue weighted by atomic mass is 9.83. The van der Waals surface area contributed by atoms with E-state index in [0.29, 0.717) is 5.92 Å². The van der Waals surface area contributed by atoms with Crippen molar-refractivity contribution in [3.63, 3.8) is 0 Å². The normalized spacial score (nSPS) is 14.5. The highest BCUT2D eigenvalue weighted by molar-refractivity contribution is 5.45. The van der Waals surface area contributed by atoms with Crippen molar-refractivity contribution >= 4 is 0 Å². The van der Waals surface area contributed by atoms with Crippen LogP contribution >= 0.6 is 0 Å². The van der Waals surface area contributed by atoms with Crippen molar-refractivity contribution in [3.05, 3.63) is 28.8 Å². The van der Waals surface area contributed by atoms with Gasteiger partial charge in [0.1, 0.15) is 5.75 Å². The number of methoxy groups -OCH3 is 1. The lowest BCUT2D eigenvalue weighted by Crippen LogP contribution is -2.32. The van der Waals surface area contributed by atoms with Crippen LogP contribution in [-0.2, 0) is 0 Å². The molecule has 3 nitrogen and oxygen atoms in total. The molecule has 0 fully saturated rings. The average Bonchev–Trinajstić information content (AvgIpc) is 2.35. The van der Waals surface area contributed by atoms with Crippen LogP contribution in [0.25, 0.3) is 0 Å². The first kappa shape index (κ1) is 16.0. The summed E-state index contributed by atoms with van der Waals surface area (Å²) < 4.78 is 5.54. The maximum Gasteiger partial charge on any atom is 0.124 e. The predicted molar refractivity (Wildman–Crippen MR) is 79.7 cm³/mol. The van der Waals surface area contributed by atoms with E-state index in [1.807, 2.05) is 7.05 Å². The fraction of sp³-hybridized carbons (Fsp3) is 0.625. The topological polar surface area (TPSA) is 41.5 Å². The zero-order chi connectivity index (χ0) is 14.6. The van der Waals surface area contributed by atoms with Crippen LogP contribution in [0.5, 0.6) is 5.75 Å². The summed E-state index contributed by atoms with van der Waals surface area (Å²) in [4.78, 5) is 0. The van der Waals surface area contributed by atoms with Crippen molar-refractivity contribution in [2.45, 2.75) is 33.7 Å². The standard InChI is InChI=1S/C16H27NO2/c1-10(2)13(9-18)16(17-5)15-12(4)7-11(3)8-14(15)19-6/h7-8,10,13,16-18H,9H2,1-6H3. The Labute approximate surface area is 117 Å². The molecule has 0 aliphatic carbocycles. The van der Waals surface area contributed by atoms with Gasteiger partial charge in [-0.15, -0.1) is 0 Å². The van der Waals surface area contributed by atoms with Crippen molar-refractivity contribution in [1.82, 2.24) is 5.32 Å². The number of hydrogen-bond acceptors (Lipinski definition) is 3. The lowest BCUT2D eigenvalue weighted by Gasteiger charge is -2.31. The summed E-state index contributed by atoms with van der Waals surface area (Å²) in [6.45, 7) is 8.62. The third-order valence-electron chi connectivity index (χ3n) is 3.83. The van der Waals surface area contributed by atoms with Crippen LogP contribution in [0.3, 0.4) is 0 Å². The summed E-state index contributed by atoms with van der Waals surface area (Å²) in [6, 6.07) is 4.32. The highest BCUT2D eigenvalue weighted by Crippen LogP contribution is 2.36. The van der Waals surface area contributed by atoms with E-state index < -0.39 is 0 Å². The van der Waals surface area contributed by atoms with Crippen LogP contribution in [0, 0.1) is 25.7 Å². The van der Waals surface area contributed by atoms with Gasteiger partial charge in [-0.05, 0) is 44.0 Å². The molecule has 2 N–H and O–H groups in total. The van der Waals surface area contributed by atoms with Crippen molar-refractivity contribution in [2.75, 3.05) is 20.8 Å². The number of aliphatic hydroxyl groups is 1. The molecular weight excluding hydrogens is 238 g/mol. The molecule has 0 aliphatic heterocycles. The number of benzene rings is 1. The van der Waals surface area contributed by atoms with Gasteiger partial charge in [0, 0.05) is 24.1 Å². The molecule has 0 saturated heterocycles. The van der Waals surface area contributed by atoms with Gasteiger partial charge in [0.25, 0.3) is 0 Å². The Balaban J connectivity index is 3.31. The second kappa shape index (κ2) is 6.92. The van der Waals surface area contributed by atoms with E-state index in [1.165, 1.54) is 11.1 Å². The molecule has 0 radical (unpaired) electrons. The molecule has 1 rings (SSSR count). The Kier molecular flexibility index (Phi) is 5.83. The molecule has 108 valence electrons. The van der Waals surface area contributed by atoms with Gasteiger partial charge in [0.15, 0.2) is 0 Å². The summed E-state index contributed by atoms with van der Waals surface area (Å²) in [5.74, 6) is 1.46. The van der Waals surface area contributed by atoms with Crippen LogP contribution in [0.1, 0.15) is 36.6 Å². The van der Waals surface area contributed by atoms with Crippen molar-refractivity contribution in [1.29, 1.82) is 0 Å². The van der Waals surface area contributed by atoms with Crippen molar-refractivity contribution < 1.29 is 9.84 Å². The molecule has 0 bridgehead atoms. The first-order chi connectivity index (χ1) is 8.96. The number of rotatable bonds is 6. The number of aliphatic hydroxyl groups excluding tert-OH is 1. The largest absolute Gasteiger partial charge is 0.496 e. The van der Waals surface area contributed by atoms with Gasteiger partial charge in [-0.1, -0.05) is 19.9 Å². The maximum atomic E-state index is 9.69. The summed E-state index contributed by atoms with van der Waals surface area (Å²) in [6.07, 6.45) is 0. The lowest BCUT2D eigenvalue weighted by molar-refractivity contribution is 0.152. The van der Waals surface area contributed by atoms with Gasteiger partial charge < -0.3 is 15.2 Å². The zero-order valence-electron chi connectivity index (χ0n) is 12.9. The Bertz CT molecular complexity index is 415. The SMILES string of the molecule is CNC(c1c(C)cc(C)cc1OC)C(CO)C(C)C. The van der Waals surface area contributed by atoms with E-state index >= 15 is 0 Å². The molecule has 3 heteroatoms. The van der Waals surface area contributed by atoms with E-state index in [4.69, 9.17) is 4.74 Å². The van der Waals surface area contributed by atoms with E-state index in [0.717, 1.165) is 11.3 Å². The minimum Gasteiger partial charge on any atom is -0.496 e. The smallest absolute Gasteiger partial charge is 0.124 e. The van der Waals surface area contributed by atoms with Crippen molar-refractivity contribution in [2.24, 2.45) is 11.8 Å². The number of ether oxygens (including phenoxy) is 1. The summed E-state index contributed by atoms with van der Waals surface area (Å²) in [5.41, 5.74) is 3.55. The Morgan fingerprint density at radius 3 is 2.32 bits per heavy atom. The quantitative estimate of drug-likeness (QED) is 0.831. The van der Waals surface area contributed by atoms with Gasteiger partial charge >= 0.3 is 0 Å². The molecule has 0 saturated carbocycles. The van der Waals surface area contributed by atoms with Gasteiger partial charge in [-0.3, -0.25) is 0 Å². The Morgan fingerprint density at radius 1 is 1.26 bits per heavy atom. The third kappa shape index (κ3) is 3.48. The van der Waals surface area contributed by atoms with Gasteiger partial charge in [0.2, 0.25) is 0 Å². The second-order valence-corrected chi connectivity index (χ2v) is 5.55. The van der Waals surface area contributed by atoms with Crippen LogP contribution < -0.4 is 10.1 Å². The van der Waals surface area contributed by atoms with Crippen LogP contribution in [-0.4, -0.2) is 25.9 Å². The van der Waals surface area contributed by atoms with Gasteiger partial charge in [-0.2, -0.15) is 0 Å². The summed E-state index contributed by atoms with van der Waals surface area (Å²) >= 11 is 0. The van der Waals surface area contributed by atoms with E-state index in [9.17, 15) is 5.11 Å². The predicted octanol–water partition coefficient (Wildman–Crippen LogP) is 2.84. The molecule has 1 aromatic carbocycles. The maximum absolute atomic E-state index is 9.69. The molecule has 0 aliphatic rings. The minimum absolute atomic E-state index is 0.0977. The highest BCUT2D eigenvalue weighted by atomic mass is 16.5. The monoisotopic (exact) mass is 265 g/mol. The molecule has 19 heavy (non-hydrogen) atoms. The molecule has 0 heterocycles. The Hall–Kier alpha value is -1.06. The van der Waals surface area contributed by atoms with Gasteiger partial charge in [-0.25, -0.2) is 0 Å². The molecule has 0 spiro atoms.